The number of halogens is 10. The van der Waals surface area contributed by atoms with Gasteiger partial charge in [-0.1, -0.05) is 76.2 Å². The highest BCUT2D eigenvalue weighted by atomic mass is 79.9. The van der Waals surface area contributed by atoms with Crippen molar-refractivity contribution in [3.8, 4) is 34.5 Å². The lowest BCUT2D eigenvalue weighted by molar-refractivity contribution is -0.288. The number of ether oxygens (including phenoxy) is 6. The van der Waals surface area contributed by atoms with Crippen LogP contribution in [0, 0.1) is 0 Å². The standard InChI is InChI=1S/C17H16Br4O2.C17H14F6O2.C17H20O2/c1-17(2,9-5-11(18)15(22-3)12(19)6-9)10-7-13(20)16(23-4)14(21)8-10;1-24-13-7-3-11(4-8-13)15(16(18,19)20,17(21,22)23)12-5-9-14(25-2)10-6-12;1-17(2,13-5-9-15(18-3)10-6-13)14-7-11-16(19-4)12-8-14/h5-8H,1-4H3;3-10H,1-2H3;5-12H,1-4H3. The summed E-state index contributed by atoms with van der Waals surface area (Å²) in [5.41, 5.74) is -1.44. The quantitative estimate of drug-likeness (QED) is 0.114. The van der Waals surface area contributed by atoms with Crippen LogP contribution >= 0.6 is 63.7 Å². The van der Waals surface area contributed by atoms with Crippen LogP contribution < -0.4 is 28.4 Å². The summed E-state index contributed by atoms with van der Waals surface area (Å²) in [5.74, 6) is 3.65. The largest absolute Gasteiger partial charge is 0.497 e. The molecule has 0 aliphatic rings. The SMILES string of the molecule is COc1c(Br)cc(C(C)(C)c2cc(Br)c(OC)c(Br)c2)cc1Br.COc1ccc(C(C)(C)c2ccc(OC)cc2)cc1.COc1ccc(C(c2ccc(OC)cc2)(C(F)(F)F)C(F)(F)F)cc1. The molecule has 0 fully saturated rings. The molecule has 6 aromatic carbocycles. The maximum atomic E-state index is 13.8. The molecule has 6 aromatic rings. The average molecular weight is 1190 g/mol. The van der Waals surface area contributed by atoms with Gasteiger partial charge in [0.25, 0.3) is 0 Å². The first-order valence-electron chi connectivity index (χ1n) is 20.2. The number of hydrogen-bond donors (Lipinski definition) is 0. The van der Waals surface area contributed by atoms with Crippen molar-refractivity contribution in [2.24, 2.45) is 0 Å². The lowest BCUT2D eigenvalue weighted by Gasteiger charge is -2.38. The van der Waals surface area contributed by atoms with Crippen molar-refractivity contribution in [2.75, 3.05) is 42.7 Å². The second kappa shape index (κ2) is 22.8. The Morgan fingerprint density at radius 2 is 0.522 bits per heavy atom. The summed E-state index contributed by atoms with van der Waals surface area (Å²) in [7, 11) is 9.21. The zero-order valence-corrected chi connectivity index (χ0v) is 44.6. The Bertz CT molecular complexity index is 2330. The fourth-order valence-electron chi connectivity index (χ4n) is 7.24. The van der Waals surface area contributed by atoms with Gasteiger partial charge in [0.05, 0.1) is 60.5 Å². The molecule has 0 saturated heterocycles. The first-order valence-corrected chi connectivity index (χ1v) is 23.3. The molecule has 0 unspecified atom stereocenters. The van der Waals surface area contributed by atoms with Crippen LogP contribution in [-0.2, 0) is 16.2 Å². The second-order valence-corrected chi connectivity index (χ2v) is 19.3. The van der Waals surface area contributed by atoms with Gasteiger partial charge < -0.3 is 28.4 Å². The van der Waals surface area contributed by atoms with E-state index < -0.39 is 28.9 Å². The predicted molar refractivity (Wildman–Crippen MR) is 266 cm³/mol. The summed E-state index contributed by atoms with van der Waals surface area (Å²) in [6.07, 6.45) is -11.2. The van der Waals surface area contributed by atoms with Crippen LogP contribution in [-0.4, -0.2) is 55.0 Å². The Balaban J connectivity index is 0.000000221. The van der Waals surface area contributed by atoms with E-state index in [2.05, 4.69) is 140 Å². The van der Waals surface area contributed by atoms with Crippen molar-refractivity contribution in [1.29, 1.82) is 0 Å². The minimum atomic E-state index is -5.62. The summed E-state index contributed by atoms with van der Waals surface area (Å²) in [4.78, 5) is 0. The Morgan fingerprint density at radius 3 is 0.716 bits per heavy atom. The van der Waals surface area contributed by atoms with Crippen molar-refractivity contribution >= 4 is 63.7 Å². The Morgan fingerprint density at radius 1 is 0.313 bits per heavy atom. The van der Waals surface area contributed by atoms with Crippen molar-refractivity contribution in [1.82, 2.24) is 0 Å². The van der Waals surface area contributed by atoms with E-state index in [1.807, 2.05) is 24.3 Å². The molecule has 0 saturated carbocycles. The Labute approximate surface area is 421 Å². The fraction of sp³-hybridized carbons (Fsp3) is 0.294. The number of hydrogen-bond acceptors (Lipinski definition) is 6. The first-order chi connectivity index (χ1) is 31.4. The third-order valence-corrected chi connectivity index (χ3v) is 13.7. The van der Waals surface area contributed by atoms with E-state index in [0.29, 0.717) is 0 Å². The van der Waals surface area contributed by atoms with Gasteiger partial charge in [-0.2, -0.15) is 26.3 Å². The molecule has 16 heteroatoms. The van der Waals surface area contributed by atoms with E-state index in [-0.39, 0.29) is 22.3 Å². The molecular formula is C51H50Br4F6O6. The molecule has 6 rings (SSSR count). The monoisotopic (exact) mass is 1190 g/mol. The second-order valence-electron chi connectivity index (χ2n) is 15.9. The molecule has 0 N–H and O–H groups in total. The highest BCUT2D eigenvalue weighted by Crippen LogP contribution is 2.56. The maximum absolute atomic E-state index is 13.8. The summed E-state index contributed by atoms with van der Waals surface area (Å²) >= 11 is 14.3. The van der Waals surface area contributed by atoms with Crippen molar-refractivity contribution in [2.45, 2.75) is 56.3 Å². The highest BCUT2D eigenvalue weighted by Gasteiger charge is 2.72. The van der Waals surface area contributed by atoms with Gasteiger partial charge in [-0.15, -0.1) is 0 Å². The van der Waals surface area contributed by atoms with Crippen LogP contribution in [0.5, 0.6) is 34.5 Å². The fourth-order valence-corrected chi connectivity index (χ4v) is 10.3. The van der Waals surface area contributed by atoms with Crippen LogP contribution in [0.2, 0.25) is 0 Å². The zero-order valence-electron chi connectivity index (χ0n) is 38.3. The molecule has 0 aromatic heterocycles. The highest BCUT2D eigenvalue weighted by molar-refractivity contribution is 9.11. The molecule has 0 spiro atoms. The predicted octanol–water partition coefficient (Wildman–Crippen LogP) is 16.2. The summed E-state index contributed by atoms with van der Waals surface area (Å²) < 4.78 is 117. The average Bonchev–Trinajstić information content (AvgIpc) is 3.29. The first kappa shape index (κ1) is 55.2. The smallest absolute Gasteiger partial charge is 0.411 e. The molecule has 0 atom stereocenters. The van der Waals surface area contributed by atoms with Crippen LogP contribution in [0.15, 0.2) is 139 Å². The van der Waals surface area contributed by atoms with Crippen LogP contribution in [0.3, 0.4) is 0 Å². The molecular weight excluding hydrogens is 1140 g/mol. The number of methoxy groups -OCH3 is 6. The summed E-state index contributed by atoms with van der Waals surface area (Å²) in [6.45, 7) is 8.82. The Kier molecular flexibility index (Phi) is 18.8. The topological polar surface area (TPSA) is 55.4 Å². The third kappa shape index (κ3) is 12.3. The van der Waals surface area contributed by atoms with E-state index in [0.717, 1.165) is 89.4 Å². The summed E-state index contributed by atoms with van der Waals surface area (Å²) in [6, 6.07) is 32.1. The van der Waals surface area contributed by atoms with Gasteiger partial charge in [0.15, 0.2) is 0 Å². The minimum Gasteiger partial charge on any atom is -0.497 e. The number of rotatable bonds is 12. The molecule has 67 heavy (non-hydrogen) atoms. The molecule has 6 nitrogen and oxygen atoms in total. The number of benzene rings is 6. The van der Waals surface area contributed by atoms with E-state index >= 15 is 0 Å². The van der Waals surface area contributed by atoms with E-state index in [1.54, 1.807) is 28.4 Å². The minimum absolute atomic E-state index is 0.0431. The van der Waals surface area contributed by atoms with Gasteiger partial charge in [0, 0.05) is 10.8 Å². The number of alkyl halides is 6. The van der Waals surface area contributed by atoms with E-state index in [4.69, 9.17) is 28.4 Å². The molecule has 0 aliphatic carbocycles. The zero-order chi connectivity index (χ0) is 50.1. The van der Waals surface area contributed by atoms with Crippen LogP contribution in [0.25, 0.3) is 0 Å². The van der Waals surface area contributed by atoms with Gasteiger partial charge in [-0.25, -0.2) is 0 Å². The third-order valence-electron chi connectivity index (χ3n) is 11.4. The van der Waals surface area contributed by atoms with Gasteiger partial charge in [-0.3, -0.25) is 0 Å². The Hall–Kier alpha value is -4.38. The van der Waals surface area contributed by atoms with Gasteiger partial charge in [-0.05, 0) is 170 Å². The molecule has 0 radical (unpaired) electrons. The van der Waals surface area contributed by atoms with Crippen molar-refractivity contribution in [3.05, 3.63) is 173 Å². The van der Waals surface area contributed by atoms with E-state index in [1.165, 1.54) is 36.5 Å². The molecule has 360 valence electrons. The van der Waals surface area contributed by atoms with Crippen molar-refractivity contribution in [3.63, 3.8) is 0 Å². The van der Waals surface area contributed by atoms with Crippen LogP contribution in [0.4, 0.5) is 26.3 Å². The molecule has 0 bridgehead atoms. The van der Waals surface area contributed by atoms with Crippen molar-refractivity contribution < 1.29 is 54.8 Å². The van der Waals surface area contributed by atoms with Gasteiger partial charge >= 0.3 is 12.4 Å². The molecule has 0 amide bonds. The molecule has 0 aliphatic heterocycles. The van der Waals surface area contributed by atoms with Gasteiger partial charge in [0.1, 0.15) is 34.5 Å². The molecule has 0 heterocycles. The lowest BCUT2D eigenvalue weighted by atomic mass is 9.73. The maximum Gasteiger partial charge on any atom is 0.411 e. The van der Waals surface area contributed by atoms with Gasteiger partial charge in [0.2, 0.25) is 5.41 Å². The van der Waals surface area contributed by atoms with Crippen LogP contribution in [0.1, 0.15) is 61.1 Å². The van der Waals surface area contributed by atoms with E-state index in [9.17, 15) is 26.3 Å². The summed E-state index contributed by atoms with van der Waals surface area (Å²) in [5, 5.41) is 0. The lowest BCUT2D eigenvalue weighted by Crippen LogP contribution is -2.54. The normalized spacial score (nSPS) is 11.9.